The zero-order chi connectivity index (χ0) is 10.7. The van der Waals surface area contributed by atoms with E-state index in [1.54, 1.807) is 0 Å². The van der Waals surface area contributed by atoms with Crippen LogP contribution in [0.5, 0.6) is 5.75 Å². The molecule has 1 aliphatic rings. The molecule has 1 aliphatic heterocycles. The lowest BCUT2D eigenvalue weighted by atomic mass is 10.0. The van der Waals surface area contributed by atoms with Crippen molar-refractivity contribution in [3.63, 3.8) is 0 Å². The van der Waals surface area contributed by atoms with Gasteiger partial charge in [-0.15, -0.1) is 0 Å². The lowest BCUT2D eigenvalue weighted by Gasteiger charge is -2.23. The number of hydrogen-bond donors (Lipinski definition) is 0. The van der Waals surface area contributed by atoms with Crippen molar-refractivity contribution in [3.05, 3.63) is 29.3 Å². The number of hydrogen-bond acceptors (Lipinski definition) is 3. The highest BCUT2D eigenvalue weighted by atomic mass is 16.5. The van der Waals surface area contributed by atoms with Gasteiger partial charge in [0, 0.05) is 0 Å². The van der Waals surface area contributed by atoms with Crippen molar-refractivity contribution in [1.29, 1.82) is 0 Å². The van der Waals surface area contributed by atoms with E-state index in [0.29, 0.717) is 6.54 Å². The highest BCUT2D eigenvalue weighted by Crippen LogP contribution is 2.28. The van der Waals surface area contributed by atoms with Crippen molar-refractivity contribution in [2.45, 2.75) is 32.4 Å². The van der Waals surface area contributed by atoms with Gasteiger partial charge in [-0.3, -0.25) is 0 Å². The largest absolute Gasteiger partial charge is 0.490 e. The first-order chi connectivity index (χ1) is 7.29. The molecular formula is C12H13NO2. The van der Waals surface area contributed by atoms with Crippen LogP contribution in [-0.2, 0) is 17.8 Å². The van der Waals surface area contributed by atoms with Crippen LogP contribution in [0.3, 0.4) is 0 Å². The quantitative estimate of drug-likeness (QED) is 0.546. The van der Waals surface area contributed by atoms with Crippen LogP contribution in [0.1, 0.15) is 24.5 Å². The SMILES string of the molecule is CC1CCc2ccc(CN=C=O)cc2O1. The molecule has 1 atom stereocenters. The molecule has 0 bridgehead atoms. The van der Waals surface area contributed by atoms with E-state index in [1.807, 2.05) is 12.1 Å². The maximum atomic E-state index is 10.00. The van der Waals surface area contributed by atoms with E-state index in [4.69, 9.17) is 4.74 Å². The molecule has 2 rings (SSSR count). The van der Waals surface area contributed by atoms with Crippen LogP contribution in [0.15, 0.2) is 23.2 Å². The van der Waals surface area contributed by atoms with Crippen molar-refractivity contribution in [3.8, 4) is 5.75 Å². The van der Waals surface area contributed by atoms with Gasteiger partial charge in [0.15, 0.2) is 0 Å². The summed E-state index contributed by atoms with van der Waals surface area (Å²) in [4.78, 5) is 13.5. The zero-order valence-electron chi connectivity index (χ0n) is 8.69. The number of aliphatic imine (C=N–C) groups is 1. The Kier molecular flexibility index (Phi) is 2.84. The van der Waals surface area contributed by atoms with Crippen molar-refractivity contribution in [2.24, 2.45) is 4.99 Å². The summed E-state index contributed by atoms with van der Waals surface area (Å²) in [6.07, 6.45) is 3.95. The van der Waals surface area contributed by atoms with Gasteiger partial charge in [-0.05, 0) is 37.0 Å². The second-order valence-electron chi connectivity index (χ2n) is 3.82. The van der Waals surface area contributed by atoms with Gasteiger partial charge in [-0.1, -0.05) is 12.1 Å². The molecule has 0 saturated heterocycles. The van der Waals surface area contributed by atoms with Gasteiger partial charge in [0.25, 0.3) is 0 Å². The fourth-order valence-corrected chi connectivity index (χ4v) is 1.77. The Labute approximate surface area is 88.8 Å². The molecular weight excluding hydrogens is 190 g/mol. The molecule has 0 aromatic heterocycles. The van der Waals surface area contributed by atoms with E-state index in [2.05, 4.69) is 18.0 Å². The lowest BCUT2D eigenvalue weighted by Crippen LogP contribution is -2.18. The summed E-state index contributed by atoms with van der Waals surface area (Å²) in [6.45, 7) is 2.45. The Morgan fingerprint density at radius 1 is 1.60 bits per heavy atom. The van der Waals surface area contributed by atoms with E-state index in [9.17, 15) is 4.79 Å². The van der Waals surface area contributed by atoms with Gasteiger partial charge in [0.05, 0.1) is 12.6 Å². The number of aryl methyl sites for hydroxylation is 1. The van der Waals surface area contributed by atoms with Crippen LogP contribution in [0.2, 0.25) is 0 Å². The topological polar surface area (TPSA) is 38.7 Å². The lowest BCUT2D eigenvalue weighted by molar-refractivity contribution is 0.192. The maximum absolute atomic E-state index is 10.00. The molecule has 78 valence electrons. The summed E-state index contributed by atoms with van der Waals surface area (Å²) >= 11 is 0. The second kappa shape index (κ2) is 4.28. The first-order valence-electron chi connectivity index (χ1n) is 5.11. The minimum absolute atomic E-state index is 0.280. The van der Waals surface area contributed by atoms with E-state index in [0.717, 1.165) is 24.2 Å². The van der Waals surface area contributed by atoms with Crippen molar-refractivity contribution < 1.29 is 9.53 Å². The van der Waals surface area contributed by atoms with Crippen LogP contribution < -0.4 is 4.74 Å². The third-order valence-corrected chi connectivity index (χ3v) is 2.61. The highest BCUT2D eigenvalue weighted by molar-refractivity contribution is 5.40. The molecule has 1 aromatic carbocycles. The number of rotatable bonds is 2. The third-order valence-electron chi connectivity index (χ3n) is 2.61. The summed E-state index contributed by atoms with van der Waals surface area (Å²) in [5.74, 6) is 0.937. The first kappa shape index (κ1) is 9.94. The molecule has 0 aliphatic carbocycles. The average Bonchev–Trinajstić information content (AvgIpc) is 2.25. The minimum Gasteiger partial charge on any atom is -0.490 e. The number of isocyanates is 1. The van der Waals surface area contributed by atoms with Crippen LogP contribution in [0.4, 0.5) is 0 Å². The molecule has 1 aromatic rings. The summed E-state index contributed by atoms with van der Waals surface area (Å²) in [5, 5.41) is 0. The van der Waals surface area contributed by atoms with Gasteiger partial charge in [-0.2, -0.15) is 0 Å². The van der Waals surface area contributed by atoms with Crippen LogP contribution in [0.25, 0.3) is 0 Å². The van der Waals surface area contributed by atoms with Gasteiger partial charge in [-0.25, -0.2) is 9.79 Å². The minimum atomic E-state index is 0.280. The summed E-state index contributed by atoms with van der Waals surface area (Å²) in [5.41, 5.74) is 2.23. The molecule has 1 unspecified atom stereocenters. The Balaban J connectivity index is 2.24. The molecule has 3 heteroatoms. The number of benzene rings is 1. The molecule has 0 amide bonds. The summed E-state index contributed by atoms with van der Waals surface area (Å²) in [7, 11) is 0. The second-order valence-corrected chi connectivity index (χ2v) is 3.82. The van der Waals surface area contributed by atoms with Crippen molar-refractivity contribution in [1.82, 2.24) is 0 Å². The van der Waals surface area contributed by atoms with Crippen molar-refractivity contribution >= 4 is 6.08 Å². The fraction of sp³-hybridized carbons (Fsp3) is 0.417. The van der Waals surface area contributed by atoms with Crippen LogP contribution >= 0.6 is 0 Å². The van der Waals surface area contributed by atoms with Gasteiger partial charge in [0.2, 0.25) is 6.08 Å². The molecule has 3 nitrogen and oxygen atoms in total. The number of carbonyl (C=O) groups excluding carboxylic acids is 1. The Bertz CT molecular complexity index is 408. The van der Waals surface area contributed by atoms with Gasteiger partial charge < -0.3 is 4.74 Å². The van der Waals surface area contributed by atoms with Gasteiger partial charge >= 0.3 is 0 Å². The average molecular weight is 203 g/mol. The Morgan fingerprint density at radius 3 is 3.27 bits per heavy atom. The molecule has 0 radical (unpaired) electrons. The zero-order valence-corrected chi connectivity index (χ0v) is 8.69. The monoisotopic (exact) mass is 203 g/mol. The fourth-order valence-electron chi connectivity index (χ4n) is 1.77. The number of ether oxygens (including phenoxy) is 1. The standard InChI is InChI=1S/C12H13NO2/c1-9-2-4-11-5-3-10(7-13-8-14)6-12(11)15-9/h3,5-6,9H,2,4,7H2,1H3. The predicted octanol–water partition coefficient (Wildman–Crippen LogP) is 2.24. The normalized spacial score (nSPS) is 18.6. The maximum Gasteiger partial charge on any atom is 0.235 e. The third kappa shape index (κ3) is 2.25. The van der Waals surface area contributed by atoms with E-state index in [1.165, 1.54) is 11.6 Å². The van der Waals surface area contributed by atoms with Crippen LogP contribution in [0, 0.1) is 0 Å². The van der Waals surface area contributed by atoms with Gasteiger partial charge in [0.1, 0.15) is 5.75 Å². The molecule has 0 fully saturated rings. The van der Waals surface area contributed by atoms with Crippen molar-refractivity contribution in [2.75, 3.05) is 0 Å². The Morgan fingerprint density at radius 2 is 2.47 bits per heavy atom. The van der Waals surface area contributed by atoms with E-state index >= 15 is 0 Å². The predicted molar refractivity (Wildman–Crippen MR) is 56.7 cm³/mol. The molecule has 0 N–H and O–H groups in total. The van der Waals surface area contributed by atoms with E-state index < -0.39 is 0 Å². The number of fused-ring (bicyclic) bond motifs is 1. The Hall–Kier alpha value is -1.60. The number of nitrogens with zero attached hydrogens (tertiary/aromatic N) is 1. The molecule has 1 heterocycles. The molecule has 0 saturated carbocycles. The summed E-state index contributed by atoms with van der Waals surface area (Å²) in [6, 6.07) is 6.00. The highest BCUT2D eigenvalue weighted by Gasteiger charge is 2.15. The smallest absolute Gasteiger partial charge is 0.235 e. The van der Waals surface area contributed by atoms with E-state index in [-0.39, 0.29) is 6.10 Å². The molecule has 0 spiro atoms. The summed E-state index contributed by atoms with van der Waals surface area (Å²) < 4.78 is 5.71. The molecule has 15 heavy (non-hydrogen) atoms. The van der Waals surface area contributed by atoms with Crippen LogP contribution in [-0.4, -0.2) is 12.2 Å². The first-order valence-corrected chi connectivity index (χ1v) is 5.11.